The summed E-state index contributed by atoms with van der Waals surface area (Å²) in [7, 11) is 0. The van der Waals surface area contributed by atoms with Gasteiger partial charge in [0.1, 0.15) is 11.9 Å². The molecule has 0 aliphatic rings. The Labute approximate surface area is 98.9 Å². The number of carboxylic acid groups (broad SMARTS) is 2. The number of rotatable bonds is 0. The average molecular weight is 440 g/mol. The number of hydrogen-bond acceptors (Lipinski definition) is 5. The number of hydrogen-bond donors (Lipinski definition) is 0. The molecule has 0 aromatic rings. The smallest absolute Gasteiger partial charge is 0.870 e. The maximum absolute atomic E-state index is 10.5. The van der Waals surface area contributed by atoms with Crippen LogP contribution >= 0.6 is 0 Å². The maximum Gasteiger partial charge on any atom is 3.00 e. The minimum Gasteiger partial charge on any atom is -0.870 e. The summed E-state index contributed by atoms with van der Waals surface area (Å²) < 4.78 is 63.1. The molecule has 0 saturated heterocycles. The molecule has 5 nitrogen and oxygen atoms in total. The van der Waals surface area contributed by atoms with Crippen molar-refractivity contribution in [2.45, 2.75) is 12.4 Å². The van der Waals surface area contributed by atoms with Crippen LogP contribution in [0.15, 0.2) is 0 Å². The van der Waals surface area contributed by atoms with Gasteiger partial charge in [0, 0.05) is 0 Å². The van der Waals surface area contributed by atoms with Crippen molar-refractivity contribution in [3.05, 3.63) is 0 Å². The molecule has 0 unspecified atom stereocenters. The molecule has 1 N–H and O–H groups in total. The second kappa shape index (κ2) is 8.38. The zero-order chi connectivity index (χ0) is 12.2. The molecular formula is C4HAuF6O5. The van der Waals surface area contributed by atoms with Gasteiger partial charge in [0.05, 0.1) is 0 Å². The third-order valence-corrected chi connectivity index (χ3v) is 0.463. The number of carboxylic acids is 2. The fourth-order valence-electron chi connectivity index (χ4n) is 0. The number of alkyl halides is 6. The van der Waals surface area contributed by atoms with E-state index in [1.165, 1.54) is 0 Å². The quantitative estimate of drug-likeness (QED) is 0.334. The molecule has 0 spiro atoms. The Morgan fingerprint density at radius 1 is 0.750 bits per heavy atom. The van der Waals surface area contributed by atoms with Crippen LogP contribution in [0.4, 0.5) is 26.3 Å². The van der Waals surface area contributed by atoms with Crippen molar-refractivity contribution in [2.75, 3.05) is 0 Å². The largest absolute Gasteiger partial charge is 3.00 e. The number of aliphatic carboxylic acids is 2. The summed E-state index contributed by atoms with van der Waals surface area (Å²) in [4.78, 5) is 17.6. The standard InChI is InChI=1S/2C2HF3O2.Au.H2O/c2*3-2(4,5)1(6)7;;/h2*(H,6,7);;1H2/q;;+3;/p-3. The second-order valence-electron chi connectivity index (χ2n) is 1.57. The molecule has 0 atom stereocenters. The fraction of sp³-hybridized carbons (Fsp3) is 0.500. The molecule has 0 radical (unpaired) electrons. The summed E-state index contributed by atoms with van der Waals surface area (Å²) in [6, 6.07) is 0. The van der Waals surface area contributed by atoms with Gasteiger partial charge >= 0.3 is 34.7 Å². The summed E-state index contributed by atoms with van der Waals surface area (Å²) in [5, 5.41) is 17.6. The zero-order valence-electron chi connectivity index (χ0n) is 6.65. The molecular weight excluding hydrogens is 439 g/mol. The maximum atomic E-state index is 10.5. The topological polar surface area (TPSA) is 110 Å². The summed E-state index contributed by atoms with van der Waals surface area (Å²) in [5.41, 5.74) is 0. The molecule has 0 aromatic carbocycles. The molecule has 0 bridgehead atoms. The summed E-state index contributed by atoms with van der Waals surface area (Å²) in [5.74, 6) is -6.01. The van der Waals surface area contributed by atoms with Gasteiger partial charge in [-0.1, -0.05) is 0 Å². The van der Waals surface area contributed by atoms with Gasteiger partial charge in [-0.15, -0.1) is 0 Å². The van der Waals surface area contributed by atoms with Crippen molar-refractivity contribution in [2.24, 2.45) is 0 Å². The van der Waals surface area contributed by atoms with Crippen LogP contribution in [0.2, 0.25) is 0 Å². The van der Waals surface area contributed by atoms with Gasteiger partial charge in [0.15, 0.2) is 0 Å². The minimum atomic E-state index is -5.19. The molecule has 12 heteroatoms. The Morgan fingerprint density at radius 2 is 0.812 bits per heavy atom. The molecule has 16 heavy (non-hydrogen) atoms. The van der Waals surface area contributed by atoms with Gasteiger partial charge in [-0.2, -0.15) is 26.3 Å². The first-order valence-electron chi connectivity index (χ1n) is 2.45. The van der Waals surface area contributed by atoms with Crippen molar-refractivity contribution in [3.8, 4) is 0 Å². The van der Waals surface area contributed by atoms with E-state index in [4.69, 9.17) is 19.8 Å². The Morgan fingerprint density at radius 3 is 0.812 bits per heavy atom. The van der Waals surface area contributed by atoms with Crippen LogP contribution < -0.4 is 10.2 Å². The Balaban J connectivity index is -0.0000000800. The summed E-state index contributed by atoms with van der Waals surface area (Å²) >= 11 is 0. The van der Waals surface area contributed by atoms with E-state index in [-0.39, 0.29) is 27.9 Å². The monoisotopic (exact) mass is 440 g/mol. The molecule has 0 rings (SSSR count). The van der Waals surface area contributed by atoms with Crippen LogP contribution in [0.3, 0.4) is 0 Å². The van der Waals surface area contributed by atoms with Crippen LogP contribution in [0.25, 0.3) is 0 Å². The molecule has 0 amide bonds. The third-order valence-electron chi connectivity index (χ3n) is 0.463. The van der Waals surface area contributed by atoms with Gasteiger partial charge in [0.2, 0.25) is 0 Å². The van der Waals surface area contributed by atoms with Crippen molar-refractivity contribution < 1.29 is 74.0 Å². The van der Waals surface area contributed by atoms with Crippen LogP contribution in [0.5, 0.6) is 0 Å². The van der Waals surface area contributed by atoms with E-state index in [1.54, 1.807) is 0 Å². The molecule has 0 aliphatic carbocycles. The van der Waals surface area contributed by atoms with Gasteiger partial charge in [-0.05, 0) is 0 Å². The fourth-order valence-corrected chi connectivity index (χ4v) is 0. The molecule has 0 heterocycles. The Bertz CT molecular complexity index is 198. The first-order chi connectivity index (χ1) is 5.89. The molecule has 0 saturated carbocycles. The minimum absolute atomic E-state index is 0. The van der Waals surface area contributed by atoms with Crippen LogP contribution in [0.1, 0.15) is 0 Å². The van der Waals surface area contributed by atoms with E-state index in [2.05, 4.69) is 0 Å². The normalized spacial score (nSPS) is 9.88. The van der Waals surface area contributed by atoms with Crippen molar-refractivity contribution in [1.29, 1.82) is 0 Å². The number of halogens is 6. The SMILES string of the molecule is O=C([O-])C(F)(F)F.O=C([O-])C(F)(F)F.[Au+3].[OH-]. The van der Waals surface area contributed by atoms with Crippen LogP contribution in [0, 0.1) is 0 Å². The van der Waals surface area contributed by atoms with Crippen molar-refractivity contribution in [3.63, 3.8) is 0 Å². The van der Waals surface area contributed by atoms with Gasteiger partial charge < -0.3 is 25.3 Å². The zero-order valence-corrected chi connectivity index (χ0v) is 8.82. The summed E-state index contributed by atoms with van der Waals surface area (Å²) in [6.45, 7) is 0. The Kier molecular flexibility index (Phi) is 12.8. The number of carbonyl (C=O) groups excluding carboxylic acids is 2. The molecule has 0 aromatic heterocycles. The van der Waals surface area contributed by atoms with Crippen molar-refractivity contribution in [1.82, 2.24) is 0 Å². The van der Waals surface area contributed by atoms with E-state index >= 15 is 0 Å². The summed E-state index contributed by atoms with van der Waals surface area (Å²) in [6.07, 6.45) is -10.4. The van der Waals surface area contributed by atoms with Gasteiger partial charge in [-0.25, -0.2) is 0 Å². The van der Waals surface area contributed by atoms with E-state index in [0.29, 0.717) is 0 Å². The first-order valence-corrected chi connectivity index (χ1v) is 2.45. The second-order valence-corrected chi connectivity index (χ2v) is 1.57. The predicted octanol–water partition coefficient (Wildman–Crippen LogP) is -1.58. The van der Waals surface area contributed by atoms with Crippen LogP contribution in [-0.4, -0.2) is 29.8 Å². The molecule has 0 aliphatic heterocycles. The Hall–Kier alpha value is -0.780. The van der Waals surface area contributed by atoms with E-state index < -0.39 is 24.3 Å². The molecule has 100 valence electrons. The first kappa shape index (κ1) is 24.4. The predicted molar refractivity (Wildman–Crippen MR) is 24.1 cm³/mol. The van der Waals surface area contributed by atoms with Crippen molar-refractivity contribution >= 4 is 11.9 Å². The third kappa shape index (κ3) is 15.7. The van der Waals surface area contributed by atoms with E-state index in [0.717, 1.165) is 0 Å². The van der Waals surface area contributed by atoms with E-state index in [1.807, 2.05) is 0 Å². The average Bonchev–Trinajstić information content (AvgIpc) is 1.83. The van der Waals surface area contributed by atoms with Gasteiger partial charge in [0.25, 0.3) is 0 Å². The van der Waals surface area contributed by atoms with Crippen LogP contribution in [-0.2, 0) is 32.0 Å². The van der Waals surface area contributed by atoms with Gasteiger partial charge in [-0.3, -0.25) is 0 Å². The number of carbonyl (C=O) groups is 2. The molecule has 0 fully saturated rings. The van der Waals surface area contributed by atoms with E-state index in [9.17, 15) is 26.3 Å².